The van der Waals surface area contributed by atoms with Gasteiger partial charge in [-0.1, -0.05) is 19.1 Å². The van der Waals surface area contributed by atoms with Gasteiger partial charge in [-0.05, 0) is 57.2 Å². The Morgan fingerprint density at radius 2 is 1.64 bits per heavy atom. The van der Waals surface area contributed by atoms with E-state index >= 15 is 0 Å². The molecule has 1 aliphatic heterocycles. The van der Waals surface area contributed by atoms with Crippen molar-refractivity contribution in [1.82, 2.24) is 9.47 Å². The van der Waals surface area contributed by atoms with Gasteiger partial charge in [-0.15, -0.1) is 0 Å². The van der Waals surface area contributed by atoms with E-state index in [2.05, 4.69) is 4.72 Å². The molecule has 1 aromatic heterocycles. The lowest BCUT2D eigenvalue weighted by atomic mass is 10.1. The first-order valence-corrected chi connectivity index (χ1v) is 11.3. The average molecular weight is 404 g/mol. The van der Waals surface area contributed by atoms with Gasteiger partial charge < -0.3 is 9.47 Å². The number of likely N-dealkylation sites (tertiary alicyclic amines) is 1. The Kier molecular flexibility index (Phi) is 5.84. The van der Waals surface area contributed by atoms with Gasteiger partial charge in [-0.3, -0.25) is 9.52 Å². The quantitative estimate of drug-likeness (QED) is 0.829. The van der Waals surface area contributed by atoms with Gasteiger partial charge in [0.05, 0.1) is 5.56 Å². The Bertz CT molecular complexity index is 969. The van der Waals surface area contributed by atoms with E-state index in [4.69, 9.17) is 0 Å². The number of sulfonamides is 1. The van der Waals surface area contributed by atoms with Crippen molar-refractivity contribution in [1.29, 1.82) is 0 Å². The predicted molar refractivity (Wildman–Crippen MR) is 111 cm³/mol. The fourth-order valence-corrected chi connectivity index (χ4v) is 5.35. The SMILES string of the molecule is CCc1ccc(NS(=O)(=O)c2c(C(=O)N3CCCCC3)c(C)n(C)c2C)cc1. The van der Waals surface area contributed by atoms with Crippen LogP contribution in [0.1, 0.15) is 53.5 Å². The summed E-state index contributed by atoms with van der Waals surface area (Å²) in [6, 6.07) is 7.32. The van der Waals surface area contributed by atoms with Gasteiger partial charge >= 0.3 is 0 Å². The fraction of sp³-hybridized carbons (Fsp3) is 0.476. The van der Waals surface area contributed by atoms with Crippen molar-refractivity contribution < 1.29 is 13.2 Å². The Balaban J connectivity index is 2.01. The Labute approximate surface area is 167 Å². The smallest absolute Gasteiger partial charge is 0.264 e. The number of benzene rings is 1. The third kappa shape index (κ3) is 3.81. The van der Waals surface area contributed by atoms with E-state index < -0.39 is 10.0 Å². The molecule has 1 amide bonds. The molecule has 28 heavy (non-hydrogen) atoms. The Morgan fingerprint density at radius 1 is 1.04 bits per heavy atom. The number of hydrogen-bond donors (Lipinski definition) is 1. The molecule has 1 N–H and O–H groups in total. The first-order chi connectivity index (χ1) is 13.3. The van der Waals surface area contributed by atoms with E-state index in [0.29, 0.717) is 35.7 Å². The van der Waals surface area contributed by atoms with E-state index in [1.54, 1.807) is 42.5 Å². The number of nitrogens with zero attached hydrogens (tertiary/aromatic N) is 2. The predicted octanol–water partition coefficient (Wildman–Crippen LogP) is 3.63. The van der Waals surface area contributed by atoms with Crippen molar-refractivity contribution in [2.75, 3.05) is 17.8 Å². The molecule has 7 heteroatoms. The van der Waals surface area contributed by atoms with Gasteiger partial charge in [-0.25, -0.2) is 8.42 Å². The summed E-state index contributed by atoms with van der Waals surface area (Å²) in [5.74, 6) is -0.192. The topological polar surface area (TPSA) is 71.4 Å². The van der Waals surface area contributed by atoms with E-state index in [9.17, 15) is 13.2 Å². The molecule has 2 heterocycles. The molecule has 0 unspecified atom stereocenters. The number of aryl methyl sites for hydroxylation is 1. The van der Waals surface area contributed by atoms with Gasteiger partial charge in [0.25, 0.3) is 15.9 Å². The third-order valence-corrected chi connectivity index (χ3v) is 7.21. The minimum Gasteiger partial charge on any atom is -0.350 e. The van der Waals surface area contributed by atoms with Crippen molar-refractivity contribution >= 4 is 21.6 Å². The highest BCUT2D eigenvalue weighted by Gasteiger charge is 2.33. The van der Waals surface area contributed by atoms with Gasteiger partial charge in [-0.2, -0.15) is 0 Å². The summed E-state index contributed by atoms with van der Waals surface area (Å²) >= 11 is 0. The first kappa shape index (κ1) is 20.5. The van der Waals surface area contributed by atoms with Gasteiger partial charge in [0.2, 0.25) is 0 Å². The van der Waals surface area contributed by atoms with E-state index in [-0.39, 0.29) is 10.8 Å². The van der Waals surface area contributed by atoms with Crippen molar-refractivity contribution in [2.45, 2.75) is 51.3 Å². The number of amides is 1. The molecule has 1 aliphatic rings. The molecule has 0 atom stereocenters. The molecule has 0 saturated carbocycles. The van der Waals surface area contributed by atoms with Crippen LogP contribution in [0.5, 0.6) is 0 Å². The number of rotatable bonds is 5. The molecule has 1 aromatic carbocycles. The van der Waals surface area contributed by atoms with Crippen LogP contribution in [0.15, 0.2) is 29.2 Å². The summed E-state index contributed by atoms with van der Waals surface area (Å²) in [7, 11) is -2.10. The highest BCUT2D eigenvalue weighted by atomic mass is 32.2. The number of nitrogens with one attached hydrogen (secondary N) is 1. The molecule has 1 saturated heterocycles. The molecule has 152 valence electrons. The number of anilines is 1. The standard InChI is InChI=1S/C21H29N3O3S/c1-5-17-9-11-18(12-10-17)22-28(26,27)20-16(3)23(4)15(2)19(20)21(25)24-13-7-6-8-14-24/h9-12,22H,5-8,13-14H2,1-4H3. The fourth-order valence-electron chi connectivity index (χ4n) is 3.77. The minimum atomic E-state index is -3.90. The van der Waals surface area contributed by atoms with Gasteiger partial charge in [0.1, 0.15) is 4.90 Å². The number of aromatic nitrogens is 1. The highest BCUT2D eigenvalue weighted by Crippen LogP contribution is 2.30. The van der Waals surface area contributed by atoms with Crippen molar-refractivity contribution in [3.05, 3.63) is 46.8 Å². The molecule has 6 nitrogen and oxygen atoms in total. The summed E-state index contributed by atoms with van der Waals surface area (Å²) in [5, 5.41) is 0. The highest BCUT2D eigenvalue weighted by molar-refractivity contribution is 7.92. The van der Waals surface area contributed by atoms with Crippen LogP contribution >= 0.6 is 0 Å². The molecule has 0 bridgehead atoms. The second-order valence-electron chi connectivity index (χ2n) is 7.44. The Hall–Kier alpha value is -2.28. The van der Waals surface area contributed by atoms with Crippen LogP contribution in [-0.2, 0) is 23.5 Å². The van der Waals surface area contributed by atoms with Crippen LogP contribution in [0.3, 0.4) is 0 Å². The molecular formula is C21H29N3O3S. The second kappa shape index (κ2) is 7.99. The van der Waals surface area contributed by atoms with Crippen LogP contribution in [0, 0.1) is 13.8 Å². The number of carbonyl (C=O) groups excluding carboxylic acids is 1. The van der Waals surface area contributed by atoms with Crippen LogP contribution in [0.25, 0.3) is 0 Å². The third-order valence-electron chi connectivity index (χ3n) is 5.66. The molecule has 2 aromatic rings. The monoisotopic (exact) mass is 403 g/mol. The summed E-state index contributed by atoms with van der Waals surface area (Å²) in [5.41, 5.74) is 3.16. The van der Waals surface area contributed by atoms with Crippen molar-refractivity contribution in [3.8, 4) is 0 Å². The van der Waals surface area contributed by atoms with Crippen LogP contribution in [-0.4, -0.2) is 36.9 Å². The maximum atomic E-state index is 13.3. The van der Waals surface area contributed by atoms with Crippen molar-refractivity contribution in [3.63, 3.8) is 0 Å². The average Bonchev–Trinajstić information content (AvgIpc) is 2.93. The zero-order chi connectivity index (χ0) is 20.5. The Morgan fingerprint density at radius 3 is 2.21 bits per heavy atom. The van der Waals surface area contributed by atoms with Crippen LogP contribution < -0.4 is 4.72 Å². The maximum Gasteiger partial charge on any atom is 0.264 e. The lowest BCUT2D eigenvalue weighted by molar-refractivity contribution is 0.0720. The van der Waals surface area contributed by atoms with E-state index in [1.807, 2.05) is 19.1 Å². The molecule has 0 spiro atoms. The summed E-state index contributed by atoms with van der Waals surface area (Å²) < 4.78 is 30.9. The maximum absolute atomic E-state index is 13.3. The lowest BCUT2D eigenvalue weighted by Crippen LogP contribution is -2.36. The first-order valence-electron chi connectivity index (χ1n) is 9.83. The normalized spacial score (nSPS) is 14.9. The molecular weight excluding hydrogens is 374 g/mol. The number of carbonyl (C=O) groups is 1. The zero-order valence-electron chi connectivity index (χ0n) is 17.1. The number of hydrogen-bond acceptors (Lipinski definition) is 3. The summed E-state index contributed by atoms with van der Waals surface area (Å²) in [4.78, 5) is 15.1. The van der Waals surface area contributed by atoms with Gasteiger partial charge in [0.15, 0.2) is 0 Å². The summed E-state index contributed by atoms with van der Waals surface area (Å²) in [6.45, 7) is 6.96. The van der Waals surface area contributed by atoms with Crippen LogP contribution in [0.2, 0.25) is 0 Å². The van der Waals surface area contributed by atoms with Crippen molar-refractivity contribution in [2.24, 2.45) is 7.05 Å². The molecule has 0 radical (unpaired) electrons. The molecule has 0 aliphatic carbocycles. The second-order valence-corrected chi connectivity index (χ2v) is 9.06. The lowest BCUT2D eigenvalue weighted by Gasteiger charge is -2.27. The largest absolute Gasteiger partial charge is 0.350 e. The minimum absolute atomic E-state index is 0.0858. The number of piperidine rings is 1. The molecule has 3 rings (SSSR count). The van der Waals surface area contributed by atoms with Gasteiger partial charge in [0, 0.05) is 37.2 Å². The zero-order valence-corrected chi connectivity index (χ0v) is 17.9. The van der Waals surface area contributed by atoms with Crippen LogP contribution in [0.4, 0.5) is 5.69 Å². The van der Waals surface area contributed by atoms with E-state index in [0.717, 1.165) is 31.2 Å². The molecule has 1 fully saturated rings. The van der Waals surface area contributed by atoms with E-state index in [1.165, 1.54) is 0 Å². The summed E-state index contributed by atoms with van der Waals surface area (Å²) in [6.07, 6.45) is 3.91.